The molecule has 34 heavy (non-hydrogen) atoms. The van der Waals surface area contributed by atoms with Gasteiger partial charge >= 0.3 is 0 Å². The van der Waals surface area contributed by atoms with Crippen LogP contribution in [0.3, 0.4) is 0 Å². The van der Waals surface area contributed by atoms with Crippen LogP contribution in [0.25, 0.3) is 5.65 Å². The summed E-state index contributed by atoms with van der Waals surface area (Å²) in [5.74, 6) is -0.472. The van der Waals surface area contributed by atoms with Crippen molar-refractivity contribution in [1.29, 1.82) is 0 Å². The van der Waals surface area contributed by atoms with Gasteiger partial charge in [0, 0.05) is 31.1 Å². The van der Waals surface area contributed by atoms with Crippen molar-refractivity contribution in [2.24, 2.45) is 0 Å². The van der Waals surface area contributed by atoms with Crippen LogP contribution in [0.4, 0.5) is 0 Å². The maximum absolute atomic E-state index is 13.5. The normalized spacial score (nSPS) is 13.7. The Labute approximate surface area is 199 Å². The standard InChI is InChI=1S/C25H32N6O3/c1-25(2,3)19-13-21-30(16-20(32)26-11-12-28(4)5)22-18(23(33)31(21)27-19)15-29(24(22)34)14-17-9-7-6-8-10-17/h6-10,13H,11-12,14-16H2,1-5H3,(H,26,32). The summed E-state index contributed by atoms with van der Waals surface area (Å²) in [5.41, 5.74) is 2.19. The fourth-order valence-electron chi connectivity index (χ4n) is 4.10. The largest absolute Gasteiger partial charge is 0.353 e. The summed E-state index contributed by atoms with van der Waals surface area (Å²) in [4.78, 5) is 43.3. The van der Waals surface area contributed by atoms with Gasteiger partial charge in [-0.1, -0.05) is 51.1 Å². The lowest BCUT2D eigenvalue weighted by atomic mass is 9.93. The van der Waals surface area contributed by atoms with Crippen molar-refractivity contribution in [3.63, 3.8) is 0 Å². The molecular weight excluding hydrogens is 432 g/mol. The Hall–Kier alpha value is -3.46. The van der Waals surface area contributed by atoms with E-state index >= 15 is 0 Å². The van der Waals surface area contributed by atoms with Gasteiger partial charge in [-0.2, -0.15) is 9.61 Å². The molecule has 2 amide bonds. The number of aromatic nitrogens is 3. The lowest BCUT2D eigenvalue weighted by Crippen LogP contribution is -2.35. The molecule has 0 atom stereocenters. The maximum atomic E-state index is 13.5. The molecule has 1 aliphatic heterocycles. The van der Waals surface area contributed by atoms with Gasteiger partial charge in [-0.3, -0.25) is 14.4 Å². The first-order valence-corrected chi connectivity index (χ1v) is 11.5. The van der Waals surface area contributed by atoms with Gasteiger partial charge in [0.05, 0.1) is 17.8 Å². The van der Waals surface area contributed by atoms with Crippen LogP contribution in [0.2, 0.25) is 0 Å². The van der Waals surface area contributed by atoms with E-state index < -0.39 is 0 Å². The summed E-state index contributed by atoms with van der Waals surface area (Å²) in [5, 5.41) is 7.47. The van der Waals surface area contributed by atoms with Crippen LogP contribution in [0.5, 0.6) is 0 Å². The minimum Gasteiger partial charge on any atom is -0.353 e. The van der Waals surface area contributed by atoms with Gasteiger partial charge in [-0.15, -0.1) is 0 Å². The number of benzene rings is 1. The third-order valence-corrected chi connectivity index (χ3v) is 5.98. The van der Waals surface area contributed by atoms with E-state index in [1.807, 2.05) is 76.2 Å². The third kappa shape index (κ3) is 4.61. The van der Waals surface area contributed by atoms with Crippen molar-refractivity contribution in [2.75, 3.05) is 27.2 Å². The van der Waals surface area contributed by atoms with Crippen molar-refractivity contribution in [1.82, 2.24) is 29.3 Å². The van der Waals surface area contributed by atoms with Crippen LogP contribution < -0.4 is 10.9 Å². The van der Waals surface area contributed by atoms with Crippen LogP contribution in [0, 0.1) is 0 Å². The number of hydrogen-bond acceptors (Lipinski definition) is 5. The lowest BCUT2D eigenvalue weighted by molar-refractivity contribution is -0.121. The topological polar surface area (TPSA) is 91.9 Å². The SMILES string of the molecule is CN(C)CCNC(=O)Cn1c2c(c(=O)n3nc(C(C)(C)C)cc13)CN(Cc1ccccc1)C2=O. The highest BCUT2D eigenvalue weighted by atomic mass is 16.2. The molecule has 9 nitrogen and oxygen atoms in total. The molecular formula is C25H32N6O3. The molecule has 2 aromatic heterocycles. The van der Waals surface area contributed by atoms with Crippen molar-refractivity contribution in [3.8, 4) is 0 Å². The van der Waals surface area contributed by atoms with Gasteiger partial charge in [-0.25, -0.2) is 0 Å². The molecule has 1 aromatic carbocycles. The van der Waals surface area contributed by atoms with Gasteiger partial charge in [-0.05, 0) is 19.7 Å². The van der Waals surface area contributed by atoms with Crippen LogP contribution in [0.1, 0.15) is 48.1 Å². The van der Waals surface area contributed by atoms with E-state index in [-0.39, 0.29) is 41.6 Å². The summed E-state index contributed by atoms with van der Waals surface area (Å²) < 4.78 is 2.99. The summed E-state index contributed by atoms with van der Waals surface area (Å²) in [7, 11) is 3.87. The average molecular weight is 465 g/mol. The van der Waals surface area contributed by atoms with E-state index in [1.165, 1.54) is 4.52 Å². The molecule has 0 radical (unpaired) electrons. The molecule has 1 N–H and O–H groups in total. The zero-order chi connectivity index (χ0) is 24.6. The van der Waals surface area contributed by atoms with Crippen LogP contribution >= 0.6 is 0 Å². The van der Waals surface area contributed by atoms with Crippen molar-refractivity contribution in [3.05, 3.63) is 69.3 Å². The number of nitrogens with zero attached hydrogens (tertiary/aromatic N) is 5. The molecule has 1 aliphatic rings. The van der Waals surface area contributed by atoms with Crippen LogP contribution in [-0.2, 0) is 29.8 Å². The van der Waals surface area contributed by atoms with Crippen molar-refractivity contribution < 1.29 is 9.59 Å². The second-order valence-electron chi connectivity index (χ2n) is 10.1. The molecule has 0 unspecified atom stereocenters. The minimum atomic E-state index is -0.311. The average Bonchev–Trinajstić information content (AvgIpc) is 3.35. The first-order valence-electron chi connectivity index (χ1n) is 11.5. The Morgan fingerprint density at radius 3 is 2.50 bits per heavy atom. The highest BCUT2D eigenvalue weighted by molar-refractivity contribution is 5.97. The van der Waals surface area contributed by atoms with E-state index in [0.717, 1.165) is 11.3 Å². The van der Waals surface area contributed by atoms with Crippen molar-refractivity contribution >= 4 is 17.5 Å². The quantitative estimate of drug-likeness (QED) is 0.574. The van der Waals surface area contributed by atoms with E-state index in [9.17, 15) is 14.4 Å². The Kier molecular flexibility index (Phi) is 6.31. The summed E-state index contributed by atoms with van der Waals surface area (Å²) in [6, 6.07) is 11.5. The number of fused-ring (bicyclic) bond motifs is 2. The van der Waals surface area contributed by atoms with Gasteiger partial charge < -0.3 is 19.7 Å². The Morgan fingerprint density at radius 2 is 1.85 bits per heavy atom. The van der Waals surface area contributed by atoms with Gasteiger partial charge in [0.1, 0.15) is 17.9 Å². The smallest absolute Gasteiger partial charge is 0.280 e. The zero-order valence-electron chi connectivity index (χ0n) is 20.5. The number of hydrogen-bond donors (Lipinski definition) is 1. The van der Waals surface area contributed by atoms with Crippen LogP contribution in [0.15, 0.2) is 41.2 Å². The molecule has 3 aromatic rings. The monoisotopic (exact) mass is 464 g/mol. The molecule has 0 fully saturated rings. The summed E-state index contributed by atoms with van der Waals surface area (Å²) >= 11 is 0. The minimum absolute atomic E-state index is 0.0697. The van der Waals surface area contributed by atoms with Crippen molar-refractivity contribution in [2.45, 2.75) is 45.8 Å². The molecule has 4 rings (SSSR count). The summed E-state index contributed by atoms with van der Waals surface area (Å²) in [6.45, 7) is 7.73. The molecule has 0 bridgehead atoms. The van der Waals surface area contributed by atoms with Crippen LogP contribution in [-0.4, -0.2) is 63.0 Å². The number of carbonyl (C=O) groups is 2. The van der Waals surface area contributed by atoms with E-state index in [0.29, 0.717) is 30.8 Å². The first kappa shape index (κ1) is 23.7. The predicted octanol–water partition coefficient (Wildman–Crippen LogP) is 1.63. The molecule has 3 heterocycles. The number of amides is 2. The maximum Gasteiger partial charge on any atom is 0.280 e. The second kappa shape index (κ2) is 9.06. The number of likely N-dealkylation sites (N-methyl/N-ethyl adjacent to an activating group) is 1. The Bertz CT molecular complexity index is 1280. The molecule has 180 valence electrons. The van der Waals surface area contributed by atoms with E-state index in [4.69, 9.17) is 0 Å². The molecule has 0 aliphatic carbocycles. The fraction of sp³-hybridized carbons (Fsp3) is 0.440. The van der Waals surface area contributed by atoms with Gasteiger partial charge in [0.25, 0.3) is 11.5 Å². The molecule has 9 heteroatoms. The van der Waals surface area contributed by atoms with E-state index in [2.05, 4.69) is 10.4 Å². The van der Waals surface area contributed by atoms with Gasteiger partial charge in [0.15, 0.2) is 0 Å². The number of nitrogens with one attached hydrogen (secondary N) is 1. The fourth-order valence-corrected chi connectivity index (χ4v) is 4.10. The Morgan fingerprint density at radius 1 is 1.15 bits per heavy atom. The predicted molar refractivity (Wildman–Crippen MR) is 130 cm³/mol. The number of rotatable bonds is 7. The van der Waals surface area contributed by atoms with Gasteiger partial charge in [0.2, 0.25) is 5.91 Å². The lowest BCUT2D eigenvalue weighted by Gasteiger charge is -2.17. The third-order valence-electron chi connectivity index (χ3n) is 5.98. The Balaban J connectivity index is 1.76. The molecule has 0 saturated heterocycles. The highest BCUT2D eigenvalue weighted by Gasteiger charge is 2.35. The second-order valence-corrected chi connectivity index (χ2v) is 10.1. The zero-order valence-corrected chi connectivity index (χ0v) is 20.5. The molecule has 0 spiro atoms. The number of carbonyl (C=O) groups excluding carboxylic acids is 2. The van der Waals surface area contributed by atoms with E-state index in [1.54, 1.807) is 9.47 Å². The first-order chi connectivity index (χ1) is 16.1. The summed E-state index contributed by atoms with van der Waals surface area (Å²) in [6.07, 6.45) is 0. The molecule has 0 saturated carbocycles. The highest BCUT2D eigenvalue weighted by Crippen LogP contribution is 2.27.